The molecule has 1 aromatic heterocycles. The molecular weight excluding hydrogens is 150 g/mol. The summed E-state index contributed by atoms with van der Waals surface area (Å²) >= 11 is 0. The van der Waals surface area contributed by atoms with Crippen LogP contribution in [-0.2, 0) is 0 Å². The van der Waals surface area contributed by atoms with E-state index in [2.05, 4.69) is 22.0 Å². The Morgan fingerprint density at radius 2 is 2.33 bits per heavy atom. The van der Waals surface area contributed by atoms with E-state index in [1.165, 1.54) is 5.56 Å². The Hall–Kier alpha value is -1.57. The average Bonchev–Trinajstić information content (AvgIpc) is 2.56. The molecule has 0 saturated heterocycles. The van der Waals surface area contributed by atoms with Crippen LogP contribution in [0.25, 0.3) is 11.3 Å². The van der Waals surface area contributed by atoms with Crippen molar-refractivity contribution < 1.29 is 4.52 Å². The van der Waals surface area contributed by atoms with Gasteiger partial charge in [-0.3, -0.25) is 0 Å². The van der Waals surface area contributed by atoms with Crippen LogP contribution in [0.5, 0.6) is 0 Å². The molecule has 12 heavy (non-hydrogen) atoms. The Morgan fingerprint density at radius 1 is 1.42 bits per heavy atom. The van der Waals surface area contributed by atoms with E-state index in [-0.39, 0.29) is 0 Å². The molecule has 1 radical (unpaired) electrons. The first-order chi connectivity index (χ1) is 5.86. The topological polar surface area (TPSA) is 26.0 Å². The van der Waals surface area contributed by atoms with Crippen molar-refractivity contribution >= 4 is 0 Å². The molecule has 0 saturated carbocycles. The fraction of sp³-hybridized carbons (Fsp3) is 0.100. The van der Waals surface area contributed by atoms with Gasteiger partial charge in [-0.05, 0) is 13.0 Å². The van der Waals surface area contributed by atoms with Gasteiger partial charge in [-0.15, -0.1) is 0 Å². The lowest BCUT2D eigenvalue weighted by Crippen LogP contribution is -1.77. The molecule has 1 heterocycles. The Kier molecular flexibility index (Phi) is 1.67. The van der Waals surface area contributed by atoms with Crippen molar-refractivity contribution in [2.75, 3.05) is 0 Å². The van der Waals surface area contributed by atoms with Gasteiger partial charge in [0, 0.05) is 11.6 Å². The normalized spacial score (nSPS) is 10.1. The number of aromatic nitrogens is 1. The van der Waals surface area contributed by atoms with E-state index in [0.717, 1.165) is 11.3 Å². The maximum atomic E-state index is 4.63. The van der Waals surface area contributed by atoms with Gasteiger partial charge in [0.05, 0.1) is 0 Å². The lowest BCUT2D eigenvalue weighted by molar-refractivity contribution is 0.415. The fourth-order valence-corrected chi connectivity index (χ4v) is 1.12. The Balaban J connectivity index is 2.48. The fourth-order valence-electron chi connectivity index (χ4n) is 1.12. The molecule has 2 nitrogen and oxygen atoms in total. The predicted molar refractivity (Wildman–Crippen MR) is 45.5 cm³/mol. The van der Waals surface area contributed by atoms with Crippen molar-refractivity contribution in [2.24, 2.45) is 0 Å². The van der Waals surface area contributed by atoms with E-state index in [1.54, 1.807) is 6.07 Å². The molecule has 0 aliphatic rings. The van der Waals surface area contributed by atoms with Gasteiger partial charge in [0.15, 0.2) is 0 Å². The van der Waals surface area contributed by atoms with Gasteiger partial charge < -0.3 is 4.52 Å². The van der Waals surface area contributed by atoms with Crippen LogP contribution in [0.3, 0.4) is 0 Å². The predicted octanol–water partition coefficient (Wildman–Crippen LogP) is 2.45. The minimum absolute atomic E-state index is 0.832. The molecule has 2 heteroatoms. The summed E-state index contributed by atoms with van der Waals surface area (Å²) in [5.74, 6) is 0. The van der Waals surface area contributed by atoms with Crippen LogP contribution >= 0.6 is 0 Å². The third-order valence-electron chi connectivity index (χ3n) is 1.71. The summed E-state index contributed by atoms with van der Waals surface area (Å²) in [6.45, 7) is 2.05. The highest BCUT2D eigenvalue weighted by Gasteiger charge is 1.99. The number of hydrogen-bond acceptors (Lipinski definition) is 2. The third kappa shape index (κ3) is 1.23. The van der Waals surface area contributed by atoms with Crippen molar-refractivity contribution in [1.29, 1.82) is 0 Å². The third-order valence-corrected chi connectivity index (χ3v) is 1.71. The van der Waals surface area contributed by atoms with Gasteiger partial charge in [-0.25, -0.2) is 0 Å². The highest BCUT2D eigenvalue weighted by Crippen LogP contribution is 2.17. The average molecular weight is 158 g/mol. The van der Waals surface area contributed by atoms with Crippen molar-refractivity contribution in [1.82, 2.24) is 5.16 Å². The smallest absolute Gasteiger partial charge is 0.205 e. The second-order valence-electron chi connectivity index (χ2n) is 2.70. The zero-order valence-corrected chi connectivity index (χ0v) is 6.74. The van der Waals surface area contributed by atoms with Gasteiger partial charge in [0.1, 0.15) is 5.69 Å². The van der Waals surface area contributed by atoms with Crippen LogP contribution in [-0.4, -0.2) is 5.16 Å². The Labute approximate surface area is 70.8 Å². The molecule has 0 spiro atoms. The maximum Gasteiger partial charge on any atom is 0.205 e. The second kappa shape index (κ2) is 2.81. The van der Waals surface area contributed by atoms with Gasteiger partial charge >= 0.3 is 0 Å². The van der Waals surface area contributed by atoms with E-state index in [1.807, 2.05) is 25.1 Å². The highest BCUT2D eigenvalue weighted by molar-refractivity contribution is 5.58. The molecule has 2 rings (SSSR count). The molecule has 1 aromatic carbocycles. The van der Waals surface area contributed by atoms with Crippen molar-refractivity contribution in [3.8, 4) is 11.3 Å². The lowest BCUT2D eigenvalue weighted by atomic mass is 10.1. The SMILES string of the molecule is Cc1cccc(-c2c[c]on2)c1. The van der Waals surface area contributed by atoms with Crippen LogP contribution in [0.1, 0.15) is 5.56 Å². The summed E-state index contributed by atoms with van der Waals surface area (Å²) in [6, 6.07) is 9.84. The molecule has 0 N–H and O–H groups in total. The van der Waals surface area contributed by atoms with Crippen molar-refractivity contribution in [3.05, 3.63) is 42.2 Å². The minimum atomic E-state index is 0.832. The summed E-state index contributed by atoms with van der Waals surface area (Å²) < 4.78 is 4.63. The molecule has 0 unspecified atom stereocenters. The first kappa shape index (κ1) is 7.10. The molecule has 2 aromatic rings. The molecule has 0 aliphatic carbocycles. The van der Waals surface area contributed by atoms with Gasteiger partial charge in [-0.2, -0.15) is 0 Å². The summed E-state index contributed by atoms with van der Waals surface area (Å²) in [6.07, 6.45) is 2.56. The van der Waals surface area contributed by atoms with E-state index in [9.17, 15) is 0 Å². The minimum Gasteiger partial charge on any atom is -0.352 e. The maximum absolute atomic E-state index is 4.63. The largest absolute Gasteiger partial charge is 0.352 e. The van der Waals surface area contributed by atoms with Crippen molar-refractivity contribution in [2.45, 2.75) is 6.92 Å². The molecule has 59 valence electrons. The summed E-state index contributed by atoms with van der Waals surface area (Å²) in [5.41, 5.74) is 3.12. The van der Waals surface area contributed by atoms with Gasteiger partial charge in [-0.1, -0.05) is 28.9 Å². The van der Waals surface area contributed by atoms with E-state index in [4.69, 9.17) is 0 Å². The number of aryl methyl sites for hydroxylation is 1. The molecule has 0 aliphatic heterocycles. The summed E-state index contributed by atoms with van der Waals surface area (Å²) in [4.78, 5) is 0. The van der Waals surface area contributed by atoms with Crippen LogP contribution < -0.4 is 0 Å². The number of nitrogens with zero attached hydrogens (tertiary/aromatic N) is 1. The first-order valence-electron chi connectivity index (χ1n) is 3.76. The number of rotatable bonds is 1. The van der Waals surface area contributed by atoms with Gasteiger partial charge in [0.2, 0.25) is 6.26 Å². The summed E-state index contributed by atoms with van der Waals surface area (Å²) in [5, 5.41) is 3.80. The van der Waals surface area contributed by atoms with Crippen LogP contribution in [0, 0.1) is 13.2 Å². The lowest BCUT2D eigenvalue weighted by Gasteiger charge is -1.95. The molecule has 0 fully saturated rings. The standard InChI is InChI=1S/C10H8NO/c1-8-3-2-4-9(7-8)10-5-6-12-11-10/h2-5,7H,1H3. The second-order valence-corrected chi connectivity index (χ2v) is 2.70. The highest BCUT2D eigenvalue weighted by atomic mass is 16.5. The van der Waals surface area contributed by atoms with E-state index in [0.29, 0.717) is 0 Å². The summed E-state index contributed by atoms with van der Waals surface area (Å²) in [7, 11) is 0. The van der Waals surface area contributed by atoms with Crippen LogP contribution in [0.4, 0.5) is 0 Å². The molecular formula is C10H8NO. The zero-order chi connectivity index (χ0) is 8.39. The van der Waals surface area contributed by atoms with E-state index < -0.39 is 0 Å². The molecule has 0 atom stereocenters. The zero-order valence-electron chi connectivity index (χ0n) is 6.74. The monoisotopic (exact) mass is 158 g/mol. The Morgan fingerprint density at radius 3 is 3.00 bits per heavy atom. The quantitative estimate of drug-likeness (QED) is 0.637. The van der Waals surface area contributed by atoms with Crippen molar-refractivity contribution in [3.63, 3.8) is 0 Å². The number of benzene rings is 1. The van der Waals surface area contributed by atoms with Crippen LogP contribution in [0.15, 0.2) is 34.9 Å². The first-order valence-corrected chi connectivity index (χ1v) is 3.76. The van der Waals surface area contributed by atoms with Gasteiger partial charge in [0.25, 0.3) is 0 Å². The molecule has 0 amide bonds. The Bertz CT molecular complexity index is 365. The van der Waals surface area contributed by atoms with E-state index >= 15 is 0 Å². The van der Waals surface area contributed by atoms with Crippen LogP contribution in [0.2, 0.25) is 0 Å². The molecule has 0 bridgehead atoms. The number of hydrogen-bond donors (Lipinski definition) is 0.